The van der Waals surface area contributed by atoms with Gasteiger partial charge in [-0.15, -0.1) is 0 Å². The Hall–Kier alpha value is -1.21. The van der Waals surface area contributed by atoms with E-state index in [0.717, 1.165) is 26.0 Å². The Balaban J connectivity index is 2.32. The second-order valence-corrected chi connectivity index (χ2v) is 5.19. The fourth-order valence-corrected chi connectivity index (χ4v) is 1.89. The van der Waals surface area contributed by atoms with Crippen molar-refractivity contribution in [3.05, 3.63) is 26.9 Å². The van der Waals surface area contributed by atoms with E-state index in [1.807, 2.05) is 13.8 Å². The summed E-state index contributed by atoms with van der Waals surface area (Å²) in [6.07, 6.45) is 3.43. The summed E-state index contributed by atoms with van der Waals surface area (Å²) in [5, 5.41) is 13.7. The van der Waals surface area contributed by atoms with E-state index in [-0.39, 0.29) is 11.8 Å². The van der Waals surface area contributed by atoms with Crippen LogP contribution in [-0.4, -0.2) is 29.2 Å². The van der Waals surface area contributed by atoms with Crippen molar-refractivity contribution in [2.45, 2.75) is 32.8 Å². The molecule has 6 nitrogen and oxygen atoms in total. The molecule has 1 aromatic rings. The number of hydrogen-bond acceptors (Lipinski definition) is 5. The minimum absolute atomic E-state index is 0.0252. The number of pyridine rings is 1. The lowest BCUT2D eigenvalue weighted by atomic mass is 10.3. The molecule has 0 aromatic carbocycles. The van der Waals surface area contributed by atoms with E-state index in [1.165, 1.54) is 12.3 Å². The summed E-state index contributed by atoms with van der Waals surface area (Å²) in [4.78, 5) is 14.1. The second kappa shape index (κ2) is 8.06. The summed E-state index contributed by atoms with van der Waals surface area (Å²) >= 11 is 3.26. The molecule has 0 atom stereocenters. The van der Waals surface area contributed by atoms with Gasteiger partial charge in [-0.1, -0.05) is 0 Å². The van der Waals surface area contributed by atoms with Gasteiger partial charge in [-0.2, -0.15) is 0 Å². The van der Waals surface area contributed by atoms with Gasteiger partial charge in [-0.3, -0.25) is 10.1 Å². The Morgan fingerprint density at radius 2 is 2.26 bits per heavy atom. The molecule has 1 heterocycles. The number of nitrogens with one attached hydrogen (secondary N) is 1. The average molecular weight is 332 g/mol. The predicted octanol–water partition coefficient (Wildman–Crippen LogP) is 3.37. The predicted molar refractivity (Wildman–Crippen MR) is 77.4 cm³/mol. The molecule has 19 heavy (non-hydrogen) atoms. The van der Waals surface area contributed by atoms with E-state index in [9.17, 15) is 10.1 Å². The zero-order valence-electron chi connectivity index (χ0n) is 11.1. The Labute approximate surface area is 120 Å². The molecule has 0 spiro atoms. The fourth-order valence-electron chi connectivity index (χ4n) is 1.41. The lowest BCUT2D eigenvalue weighted by Gasteiger charge is -2.09. The monoisotopic (exact) mass is 331 g/mol. The van der Waals surface area contributed by atoms with Crippen molar-refractivity contribution < 1.29 is 9.66 Å². The van der Waals surface area contributed by atoms with Gasteiger partial charge < -0.3 is 10.1 Å². The first-order chi connectivity index (χ1) is 9.00. The van der Waals surface area contributed by atoms with Crippen LogP contribution in [-0.2, 0) is 4.74 Å². The number of hydrogen-bond donors (Lipinski definition) is 1. The number of unbranched alkanes of at least 4 members (excludes halogenated alkanes) is 1. The largest absolute Gasteiger partial charge is 0.379 e. The normalized spacial score (nSPS) is 10.7. The van der Waals surface area contributed by atoms with Gasteiger partial charge in [-0.05, 0) is 42.6 Å². The molecular formula is C12H18BrN3O3. The highest BCUT2D eigenvalue weighted by atomic mass is 79.9. The van der Waals surface area contributed by atoms with Gasteiger partial charge in [0.2, 0.25) is 0 Å². The highest BCUT2D eigenvalue weighted by Gasteiger charge is 2.09. The molecule has 0 aliphatic rings. The van der Waals surface area contributed by atoms with Gasteiger partial charge in [0.25, 0.3) is 5.69 Å². The first kappa shape index (κ1) is 15.8. The van der Waals surface area contributed by atoms with Gasteiger partial charge >= 0.3 is 0 Å². The minimum atomic E-state index is -0.467. The van der Waals surface area contributed by atoms with Gasteiger partial charge in [0.05, 0.1) is 15.5 Å². The molecule has 0 bridgehead atoms. The van der Waals surface area contributed by atoms with Crippen molar-refractivity contribution in [3.8, 4) is 0 Å². The van der Waals surface area contributed by atoms with Gasteiger partial charge in [0.15, 0.2) is 0 Å². The maximum absolute atomic E-state index is 10.6. The van der Waals surface area contributed by atoms with Crippen molar-refractivity contribution >= 4 is 27.4 Å². The molecule has 1 N–H and O–H groups in total. The Morgan fingerprint density at radius 3 is 2.84 bits per heavy atom. The molecule has 0 amide bonds. The van der Waals surface area contributed by atoms with Crippen LogP contribution in [0.2, 0.25) is 0 Å². The number of ether oxygens (including phenoxy) is 1. The number of aromatic nitrogens is 1. The number of rotatable bonds is 8. The number of halogens is 1. The lowest BCUT2D eigenvalue weighted by molar-refractivity contribution is -0.385. The third kappa shape index (κ3) is 5.98. The van der Waals surface area contributed by atoms with Crippen LogP contribution in [0.3, 0.4) is 0 Å². The number of nitrogens with zero attached hydrogens (tertiary/aromatic N) is 2. The summed E-state index contributed by atoms with van der Waals surface area (Å²) in [5.74, 6) is 0.621. The van der Waals surface area contributed by atoms with Crippen LogP contribution in [0.5, 0.6) is 0 Å². The smallest absolute Gasteiger partial charge is 0.288 e. The summed E-state index contributed by atoms with van der Waals surface area (Å²) in [5.41, 5.74) is -0.0252. The highest BCUT2D eigenvalue weighted by Crippen LogP contribution is 2.24. The SMILES string of the molecule is CC(C)OCCCCNc1ncc([N+](=O)[O-])cc1Br. The molecule has 0 aliphatic carbocycles. The van der Waals surface area contributed by atoms with E-state index in [4.69, 9.17) is 4.74 Å². The van der Waals surface area contributed by atoms with Crippen LogP contribution < -0.4 is 5.32 Å². The molecule has 0 aliphatic heterocycles. The second-order valence-electron chi connectivity index (χ2n) is 4.33. The molecule has 1 rings (SSSR count). The quantitative estimate of drug-likeness (QED) is 0.449. The van der Waals surface area contributed by atoms with E-state index in [0.29, 0.717) is 10.3 Å². The Kier molecular flexibility index (Phi) is 6.72. The Bertz CT molecular complexity index is 427. The van der Waals surface area contributed by atoms with E-state index in [1.54, 1.807) is 0 Å². The summed E-state index contributed by atoms with van der Waals surface area (Å²) in [6, 6.07) is 1.44. The lowest BCUT2D eigenvalue weighted by Crippen LogP contribution is -2.08. The van der Waals surface area contributed by atoms with Crippen LogP contribution in [0.25, 0.3) is 0 Å². The minimum Gasteiger partial charge on any atom is -0.379 e. The first-order valence-corrected chi connectivity index (χ1v) is 6.95. The average Bonchev–Trinajstić information content (AvgIpc) is 2.34. The third-order valence-electron chi connectivity index (χ3n) is 2.35. The van der Waals surface area contributed by atoms with Crippen molar-refractivity contribution in [3.63, 3.8) is 0 Å². The molecule has 7 heteroatoms. The maximum atomic E-state index is 10.6. The van der Waals surface area contributed by atoms with Crippen LogP contribution in [0.15, 0.2) is 16.7 Å². The zero-order valence-corrected chi connectivity index (χ0v) is 12.6. The fraction of sp³-hybridized carbons (Fsp3) is 0.583. The van der Waals surface area contributed by atoms with Crippen molar-refractivity contribution in [2.24, 2.45) is 0 Å². The summed E-state index contributed by atoms with van der Waals surface area (Å²) in [7, 11) is 0. The third-order valence-corrected chi connectivity index (χ3v) is 2.96. The zero-order chi connectivity index (χ0) is 14.3. The van der Waals surface area contributed by atoms with E-state index >= 15 is 0 Å². The molecule has 1 aromatic heterocycles. The summed E-state index contributed by atoms with van der Waals surface area (Å²) < 4.78 is 6.03. The number of anilines is 1. The maximum Gasteiger partial charge on any atom is 0.288 e. The van der Waals surface area contributed by atoms with Gasteiger partial charge in [0, 0.05) is 19.2 Å². The van der Waals surface area contributed by atoms with Gasteiger partial charge in [0.1, 0.15) is 12.0 Å². The standard InChI is InChI=1S/C12H18BrN3O3/c1-9(2)19-6-4-3-5-14-12-11(13)7-10(8-15-12)16(17)18/h7-9H,3-6H2,1-2H3,(H,14,15). The molecule has 0 unspecified atom stereocenters. The highest BCUT2D eigenvalue weighted by molar-refractivity contribution is 9.10. The first-order valence-electron chi connectivity index (χ1n) is 6.16. The number of nitro groups is 1. The van der Waals surface area contributed by atoms with Crippen molar-refractivity contribution in [1.29, 1.82) is 0 Å². The Morgan fingerprint density at radius 1 is 1.53 bits per heavy atom. The van der Waals surface area contributed by atoms with Crippen LogP contribution in [0.1, 0.15) is 26.7 Å². The molecule has 0 radical (unpaired) electrons. The molecule has 0 fully saturated rings. The van der Waals surface area contributed by atoms with E-state index < -0.39 is 4.92 Å². The molecule has 0 saturated heterocycles. The van der Waals surface area contributed by atoms with Crippen LogP contribution in [0.4, 0.5) is 11.5 Å². The van der Waals surface area contributed by atoms with Gasteiger partial charge in [-0.25, -0.2) is 4.98 Å². The van der Waals surface area contributed by atoms with Crippen molar-refractivity contribution in [1.82, 2.24) is 4.98 Å². The van der Waals surface area contributed by atoms with Crippen LogP contribution in [0, 0.1) is 10.1 Å². The topological polar surface area (TPSA) is 77.3 Å². The molecular weight excluding hydrogens is 314 g/mol. The molecule has 0 saturated carbocycles. The van der Waals surface area contributed by atoms with Crippen LogP contribution >= 0.6 is 15.9 Å². The van der Waals surface area contributed by atoms with E-state index in [2.05, 4.69) is 26.2 Å². The summed E-state index contributed by atoms with van der Waals surface area (Å²) in [6.45, 7) is 5.52. The molecule has 106 valence electrons. The van der Waals surface area contributed by atoms with Crippen molar-refractivity contribution in [2.75, 3.05) is 18.5 Å².